The van der Waals surface area contributed by atoms with E-state index in [2.05, 4.69) is 19.0 Å². The normalized spacial score (nSPS) is 54.3. The molecule has 2 fully saturated rings. The highest BCUT2D eigenvalue weighted by molar-refractivity contribution is 5.25. The zero-order valence-corrected chi connectivity index (χ0v) is 12.3. The molecule has 19 heavy (non-hydrogen) atoms. The maximum Gasteiger partial charge on any atom is 0.212 e. The van der Waals surface area contributed by atoms with Gasteiger partial charge in [-0.2, -0.15) is 0 Å². The summed E-state index contributed by atoms with van der Waals surface area (Å²) in [5.74, 6) is -0.00917. The van der Waals surface area contributed by atoms with Gasteiger partial charge in [-0.25, -0.2) is 0 Å². The minimum atomic E-state index is -0.639. The predicted molar refractivity (Wildman–Crippen MR) is 66.3 cm³/mol. The van der Waals surface area contributed by atoms with E-state index in [-0.39, 0.29) is 23.5 Å². The van der Waals surface area contributed by atoms with Crippen LogP contribution in [0.15, 0.2) is 5.11 Å². The summed E-state index contributed by atoms with van der Waals surface area (Å²) in [6, 6.07) is 0. The van der Waals surface area contributed by atoms with Crippen molar-refractivity contribution in [2.24, 2.45) is 22.4 Å². The van der Waals surface area contributed by atoms with Gasteiger partial charge in [0.2, 0.25) is 5.54 Å². The Labute approximate surface area is 113 Å². The van der Waals surface area contributed by atoms with Crippen molar-refractivity contribution in [3.63, 3.8) is 0 Å². The molecule has 6 atom stereocenters. The summed E-state index contributed by atoms with van der Waals surface area (Å²) in [5, 5.41) is 16.8. The first-order valence-electron chi connectivity index (χ1n) is 6.67. The molecule has 0 amide bonds. The van der Waals surface area contributed by atoms with Crippen LogP contribution in [-0.4, -0.2) is 42.7 Å². The Morgan fingerprint density at radius 2 is 1.58 bits per heavy atom. The van der Waals surface area contributed by atoms with Gasteiger partial charge in [0.25, 0.3) is 0 Å². The molecule has 0 aromatic rings. The Kier molecular flexibility index (Phi) is 2.43. The van der Waals surface area contributed by atoms with Crippen molar-refractivity contribution in [1.82, 2.24) is 0 Å². The van der Waals surface area contributed by atoms with E-state index in [1.807, 2.05) is 13.8 Å². The highest BCUT2D eigenvalue weighted by atomic mass is 16.8. The summed E-state index contributed by atoms with van der Waals surface area (Å²) in [6.07, 6.45) is -0.800. The van der Waals surface area contributed by atoms with Crippen LogP contribution in [0.25, 0.3) is 0 Å². The first-order chi connectivity index (χ1) is 8.75. The molecule has 2 bridgehead atoms. The topological polar surface area (TPSA) is 66.1 Å². The second-order valence-corrected chi connectivity index (χ2v) is 6.69. The summed E-state index contributed by atoms with van der Waals surface area (Å²) in [6.45, 7) is 8.20. The highest BCUT2D eigenvalue weighted by Crippen LogP contribution is 2.69. The van der Waals surface area contributed by atoms with E-state index in [4.69, 9.17) is 14.2 Å². The van der Waals surface area contributed by atoms with Gasteiger partial charge in [0, 0.05) is 21.1 Å². The van der Waals surface area contributed by atoms with Crippen molar-refractivity contribution < 1.29 is 19.1 Å². The summed E-state index contributed by atoms with van der Waals surface area (Å²) >= 11 is 0. The molecule has 2 aliphatic heterocycles. The van der Waals surface area contributed by atoms with Crippen LogP contribution in [0.3, 0.4) is 0 Å². The van der Waals surface area contributed by atoms with Crippen molar-refractivity contribution in [3.05, 3.63) is 5.21 Å². The summed E-state index contributed by atoms with van der Waals surface area (Å²) in [5.41, 5.74) is -1.41. The van der Waals surface area contributed by atoms with Gasteiger partial charge in [0.05, 0.1) is 17.3 Å². The monoisotopic (exact) mass is 270 g/mol. The minimum absolute atomic E-state index is 0.0349. The zero-order valence-electron chi connectivity index (χ0n) is 12.3. The first kappa shape index (κ1) is 13.3. The van der Waals surface area contributed by atoms with Gasteiger partial charge in [-0.15, -0.1) is 0 Å². The number of fused-ring (bicyclic) bond motifs is 5. The van der Waals surface area contributed by atoms with E-state index in [9.17, 15) is 5.21 Å². The molecule has 3 rings (SSSR count). The van der Waals surface area contributed by atoms with E-state index in [1.54, 1.807) is 14.2 Å². The zero-order chi connectivity index (χ0) is 14.2. The van der Waals surface area contributed by atoms with E-state index in [1.165, 1.54) is 0 Å². The molecule has 0 radical (unpaired) electrons. The lowest BCUT2D eigenvalue weighted by molar-refractivity contribution is -0.621. The lowest BCUT2D eigenvalue weighted by Gasteiger charge is -2.35. The second kappa shape index (κ2) is 3.48. The molecule has 1 aliphatic carbocycles. The van der Waals surface area contributed by atoms with Crippen molar-refractivity contribution in [2.45, 2.75) is 51.4 Å². The van der Waals surface area contributed by atoms with E-state index >= 15 is 0 Å². The standard InChI is InChI=1S/C13H22N2O4/c1-11(2)12(3)7-8(13(11,4)15(16)14-12)10(18-6)19-9(7)17-5/h7-10H,1-6H3/t7-,8?,9-,10+,12+,13?/m1/s1. The molecule has 0 aromatic heterocycles. The van der Waals surface area contributed by atoms with Gasteiger partial charge in [0.15, 0.2) is 12.6 Å². The number of methoxy groups -OCH3 is 2. The highest BCUT2D eigenvalue weighted by Gasteiger charge is 2.85. The van der Waals surface area contributed by atoms with E-state index in [0.717, 1.165) is 4.86 Å². The van der Waals surface area contributed by atoms with Gasteiger partial charge in [-0.05, 0) is 12.0 Å². The second-order valence-electron chi connectivity index (χ2n) is 6.69. The number of azo groups is 1. The lowest BCUT2D eigenvalue weighted by atomic mass is 9.68. The van der Waals surface area contributed by atoms with Crippen LogP contribution in [-0.2, 0) is 14.2 Å². The smallest absolute Gasteiger partial charge is 0.212 e. The van der Waals surface area contributed by atoms with E-state index in [0.29, 0.717) is 0 Å². The summed E-state index contributed by atoms with van der Waals surface area (Å²) in [7, 11) is 3.23. The Balaban J connectivity index is 2.18. The fraction of sp³-hybridized carbons (Fsp3) is 1.00. The van der Waals surface area contributed by atoms with Crippen LogP contribution < -0.4 is 0 Å². The lowest BCUT2D eigenvalue weighted by Crippen LogP contribution is -2.52. The maximum atomic E-state index is 12.4. The SMILES string of the molecule is CO[C@H]1O[C@@H](OC)[C@H]2C1C1(C)[N+]([O-])=N[C@]2(C)C1(C)C. The van der Waals surface area contributed by atoms with Crippen LogP contribution in [0, 0.1) is 22.5 Å². The third kappa shape index (κ3) is 1.11. The van der Waals surface area contributed by atoms with Crippen LogP contribution in [0.4, 0.5) is 0 Å². The molecule has 2 heterocycles. The molecule has 0 N–H and O–H groups in total. The third-order valence-corrected chi connectivity index (χ3v) is 6.23. The number of hydroxylamine groups is 1. The van der Waals surface area contributed by atoms with Gasteiger partial charge < -0.3 is 19.4 Å². The molecule has 6 nitrogen and oxygen atoms in total. The van der Waals surface area contributed by atoms with Crippen LogP contribution in [0.2, 0.25) is 0 Å². The average Bonchev–Trinajstić information content (AvgIpc) is 2.84. The van der Waals surface area contributed by atoms with Gasteiger partial charge in [0.1, 0.15) is 5.54 Å². The summed E-state index contributed by atoms with van der Waals surface area (Å²) in [4.78, 5) is 0.877. The fourth-order valence-corrected chi connectivity index (χ4v) is 4.47. The Hall–Kier alpha value is -0.720. The van der Waals surface area contributed by atoms with Crippen LogP contribution in [0.5, 0.6) is 0 Å². The molecule has 1 saturated heterocycles. The number of hydrogen-bond donors (Lipinski definition) is 0. The average molecular weight is 270 g/mol. The Morgan fingerprint density at radius 3 is 2.11 bits per heavy atom. The number of hydrogen-bond acceptors (Lipinski definition) is 5. The van der Waals surface area contributed by atoms with Gasteiger partial charge >= 0.3 is 0 Å². The van der Waals surface area contributed by atoms with Crippen molar-refractivity contribution in [3.8, 4) is 0 Å². The number of rotatable bonds is 2. The predicted octanol–water partition coefficient (Wildman–Crippen LogP) is 1.73. The molecule has 1 saturated carbocycles. The van der Waals surface area contributed by atoms with E-state index < -0.39 is 17.4 Å². The maximum absolute atomic E-state index is 12.4. The van der Waals surface area contributed by atoms with Gasteiger partial charge in [-0.3, -0.25) is 0 Å². The number of nitrogens with zero attached hydrogens (tertiary/aromatic N) is 2. The van der Waals surface area contributed by atoms with Crippen molar-refractivity contribution >= 4 is 0 Å². The van der Waals surface area contributed by atoms with Crippen LogP contribution >= 0.6 is 0 Å². The van der Waals surface area contributed by atoms with Crippen molar-refractivity contribution in [2.75, 3.05) is 14.2 Å². The third-order valence-electron chi connectivity index (χ3n) is 6.23. The molecular weight excluding hydrogens is 248 g/mol. The minimum Gasteiger partial charge on any atom is -0.599 e. The largest absolute Gasteiger partial charge is 0.599 e. The molecular formula is C13H22N2O4. The Bertz CT molecular complexity index is 452. The molecule has 0 spiro atoms. The molecule has 6 heteroatoms. The number of ether oxygens (including phenoxy) is 3. The summed E-state index contributed by atoms with van der Waals surface area (Å²) < 4.78 is 16.7. The Morgan fingerprint density at radius 1 is 1.05 bits per heavy atom. The molecule has 2 unspecified atom stereocenters. The quantitative estimate of drug-likeness (QED) is 0.566. The van der Waals surface area contributed by atoms with Crippen LogP contribution in [0.1, 0.15) is 27.7 Å². The van der Waals surface area contributed by atoms with Gasteiger partial charge in [-0.1, -0.05) is 18.7 Å². The fourth-order valence-electron chi connectivity index (χ4n) is 4.47. The van der Waals surface area contributed by atoms with Crippen molar-refractivity contribution in [1.29, 1.82) is 0 Å². The molecule has 3 aliphatic rings. The first-order valence-corrected chi connectivity index (χ1v) is 6.67. The molecule has 0 aromatic carbocycles. The molecule has 108 valence electrons.